The second-order valence-electron chi connectivity index (χ2n) is 3.85. The molecule has 4 nitrogen and oxygen atoms in total. The Labute approximate surface area is 106 Å². The maximum Gasteiger partial charge on any atom is 0.151 e. The van der Waals surface area contributed by atoms with Crippen LogP contribution in [0.15, 0.2) is 30.6 Å². The summed E-state index contributed by atoms with van der Waals surface area (Å²) in [6.07, 6.45) is 2.54. The molecular weight excluding hydrogens is 236 g/mol. The molecule has 0 aliphatic heterocycles. The minimum absolute atomic E-state index is 0.770. The van der Waals surface area contributed by atoms with E-state index in [9.17, 15) is 0 Å². The van der Waals surface area contributed by atoms with Crippen LogP contribution < -0.4 is 5.32 Å². The summed E-state index contributed by atoms with van der Waals surface area (Å²) in [4.78, 5) is 4.16. The van der Waals surface area contributed by atoms with Crippen LogP contribution in [0.4, 0.5) is 0 Å². The molecule has 0 radical (unpaired) electrons. The molecule has 0 bridgehead atoms. The highest BCUT2D eigenvalue weighted by Gasteiger charge is 2.00. The van der Waals surface area contributed by atoms with Gasteiger partial charge in [-0.1, -0.05) is 29.8 Å². The van der Waals surface area contributed by atoms with Gasteiger partial charge in [-0.05, 0) is 11.6 Å². The summed E-state index contributed by atoms with van der Waals surface area (Å²) in [5.74, 6) is 0.860. The summed E-state index contributed by atoms with van der Waals surface area (Å²) in [5.41, 5.74) is 1.11. The van der Waals surface area contributed by atoms with Crippen molar-refractivity contribution in [3.05, 3.63) is 47.0 Å². The monoisotopic (exact) mass is 250 g/mol. The minimum Gasteiger partial charge on any atom is -0.312 e. The highest BCUT2D eigenvalue weighted by molar-refractivity contribution is 6.31. The molecule has 0 unspecified atom stereocenters. The van der Waals surface area contributed by atoms with E-state index in [-0.39, 0.29) is 0 Å². The molecule has 5 heteroatoms. The van der Waals surface area contributed by atoms with Crippen molar-refractivity contribution in [1.29, 1.82) is 0 Å². The summed E-state index contributed by atoms with van der Waals surface area (Å²) < 4.78 is 1.71. The fourth-order valence-corrected chi connectivity index (χ4v) is 1.77. The van der Waals surface area contributed by atoms with Crippen LogP contribution in [0.5, 0.6) is 0 Å². The van der Waals surface area contributed by atoms with Crippen molar-refractivity contribution in [3.8, 4) is 0 Å². The third-order valence-electron chi connectivity index (χ3n) is 2.45. The molecule has 1 heterocycles. The first-order valence-electron chi connectivity index (χ1n) is 5.54. The average molecular weight is 251 g/mol. The Morgan fingerprint density at radius 2 is 2.18 bits per heavy atom. The molecule has 2 aromatic rings. The van der Waals surface area contributed by atoms with Gasteiger partial charge in [0, 0.05) is 31.6 Å². The van der Waals surface area contributed by atoms with Crippen LogP contribution >= 0.6 is 11.6 Å². The second kappa shape index (κ2) is 5.80. The van der Waals surface area contributed by atoms with Crippen molar-refractivity contribution in [2.24, 2.45) is 7.05 Å². The molecule has 0 aliphatic rings. The first-order valence-corrected chi connectivity index (χ1v) is 5.92. The Balaban J connectivity index is 1.75. The lowest BCUT2D eigenvalue weighted by molar-refractivity contribution is 0.661. The quantitative estimate of drug-likeness (QED) is 0.823. The molecule has 1 N–H and O–H groups in total. The van der Waals surface area contributed by atoms with Crippen molar-refractivity contribution in [3.63, 3.8) is 0 Å². The average Bonchev–Trinajstić information content (AvgIpc) is 2.73. The standard InChI is InChI=1S/C12H15ClN4/c1-17-9-15-12(16-17)6-7-14-8-10-4-2-3-5-11(10)13/h2-5,9,14H,6-8H2,1H3. The van der Waals surface area contributed by atoms with E-state index in [0.29, 0.717) is 0 Å². The van der Waals surface area contributed by atoms with Crippen LogP contribution in [0.25, 0.3) is 0 Å². The highest BCUT2D eigenvalue weighted by Crippen LogP contribution is 2.14. The lowest BCUT2D eigenvalue weighted by Crippen LogP contribution is -2.17. The van der Waals surface area contributed by atoms with E-state index in [4.69, 9.17) is 11.6 Å². The predicted octanol–water partition coefficient (Wildman–Crippen LogP) is 1.80. The van der Waals surface area contributed by atoms with Crippen LogP contribution in [-0.2, 0) is 20.0 Å². The number of nitrogens with one attached hydrogen (secondary N) is 1. The van der Waals surface area contributed by atoms with Crippen molar-refractivity contribution >= 4 is 11.6 Å². The predicted molar refractivity (Wildman–Crippen MR) is 67.9 cm³/mol. The Kier molecular flexibility index (Phi) is 4.12. The number of hydrogen-bond donors (Lipinski definition) is 1. The van der Waals surface area contributed by atoms with E-state index in [1.807, 2.05) is 31.3 Å². The zero-order chi connectivity index (χ0) is 12.1. The van der Waals surface area contributed by atoms with E-state index in [2.05, 4.69) is 15.4 Å². The van der Waals surface area contributed by atoms with Gasteiger partial charge in [0.25, 0.3) is 0 Å². The largest absolute Gasteiger partial charge is 0.312 e. The Bertz CT molecular complexity index is 481. The molecule has 17 heavy (non-hydrogen) atoms. The third kappa shape index (κ3) is 3.54. The van der Waals surface area contributed by atoms with Crippen molar-refractivity contribution in [1.82, 2.24) is 20.1 Å². The van der Waals surface area contributed by atoms with Gasteiger partial charge in [0.2, 0.25) is 0 Å². The normalized spacial score (nSPS) is 10.7. The van der Waals surface area contributed by atoms with E-state index >= 15 is 0 Å². The number of aromatic nitrogens is 3. The first kappa shape index (κ1) is 12.1. The van der Waals surface area contributed by atoms with Crippen LogP contribution in [0, 0.1) is 0 Å². The second-order valence-corrected chi connectivity index (χ2v) is 4.26. The SMILES string of the molecule is Cn1cnc(CCNCc2ccccc2Cl)n1. The zero-order valence-electron chi connectivity index (χ0n) is 9.73. The molecule has 1 aromatic carbocycles. The van der Waals surface area contributed by atoms with Gasteiger partial charge in [0.05, 0.1) is 0 Å². The van der Waals surface area contributed by atoms with Crippen molar-refractivity contribution < 1.29 is 0 Å². The van der Waals surface area contributed by atoms with Crippen molar-refractivity contribution in [2.45, 2.75) is 13.0 Å². The molecule has 0 aliphatic carbocycles. The minimum atomic E-state index is 0.770. The molecule has 0 saturated carbocycles. The summed E-state index contributed by atoms with van der Waals surface area (Å²) in [7, 11) is 1.87. The van der Waals surface area contributed by atoms with Gasteiger partial charge in [-0.2, -0.15) is 5.10 Å². The number of aryl methyl sites for hydroxylation is 1. The number of hydrogen-bond acceptors (Lipinski definition) is 3. The smallest absolute Gasteiger partial charge is 0.151 e. The maximum absolute atomic E-state index is 6.06. The van der Waals surface area contributed by atoms with Gasteiger partial charge >= 0.3 is 0 Å². The van der Waals surface area contributed by atoms with Crippen LogP contribution in [0.1, 0.15) is 11.4 Å². The fraction of sp³-hybridized carbons (Fsp3) is 0.333. The van der Waals surface area contributed by atoms with Crippen molar-refractivity contribution in [2.75, 3.05) is 6.54 Å². The van der Waals surface area contributed by atoms with Gasteiger partial charge in [0.15, 0.2) is 5.82 Å². The fourth-order valence-electron chi connectivity index (χ4n) is 1.56. The third-order valence-corrected chi connectivity index (χ3v) is 2.81. The molecule has 0 spiro atoms. The van der Waals surface area contributed by atoms with Gasteiger partial charge in [-0.15, -0.1) is 0 Å². The number of halogens is 1. The van der Waals surface area contributed by atoms with E-state index in [0.717, 1.165) is 35.9 Å². The van der Waals surface area contributed by atoms with Crippen LogP contribution in [0.3, 0.4) is 0 Å². The summed E-state index contributed by atoms with van der Waals surface area (Å²) in [6.45, 7) is 1.61. The van der Waals surface area contributed by atoms with Crippen LogP contribution in [0.2, 0.25) is 5.02 Å². The lowest BCUT2D eigenvalue weighted by Gasteiger charge is -2.05. The highest BCUT2D eigenvalue weighted by atomic mass is 35.5. The number of nitrogens with zero attached hydrogens (tertiary/aromatic N) is 3. The first-order chi connectivity index (χ1) is 8.25. The number of rotatable bonds is 5. The molecule has 0 amide bonds. The lowest BCUT2D eigenvalue weighted by atomic mass is 10.2. The van der Waals surface area contributed by atoms with E-state index < -0.39 is 0 Å². The van der Waals surface area contributed by atoms with E-state index in [1.54, 1.807) is 11.0 Å². The zero-order valence-corrected chi connectivity index (χ0v) is 10.5. The molecule has 0 atom stereocenters. The molecule has 0 fully saturated rings. The molecule has 0 saturated heterocycles. The van der Waals surface area contributed by atoms with Crippen LogP contribution in [-0.4, -0.2) is 21.3 Å². The Hall–Kier alpha value is -1.39. The Morgan fingerprint density at radius 1 is 1.35 bits per heavy atom. The molecular formula is C12H15ClN4. The summed E-state index contributed by atoms with van der Waals surface area (Å²) in [5, 5.41) is 8.34. The van der Waals surface area contributed by atoms with Gasteiger partial charge in [-0.3, -0.25) is 4.68 Å². The Morgan fingerprint density at radius 3 is 2.88 bits per heavy atom. The summed E-state index contributed by atoms with van der Waals surface area (Å²) >= 11 is 6.06. The van der Waals surface area contributed by atoms with Gasteiger partial charge < -0.3 is 5.32 Å². The van der Waals surface area contributed by atoms with Gasteiger partial charge in [-0.25, -0.2) is 4.98 Å². The summed E-state index contributed by atoms with van der Waals surface area (Å²) in [6, 6.07) is 7.85. The topological polar surface area (TPSA) is 42.7 Å². The maximum atomic E-state index is 6.06. The molecule has 1 aromatic heterocycles. The van der Waals surface area contributed by atoms with E-state index in [1.165, 1.54) is 0 Å². The molecule has 90 valence electrons. The number of benzene rings is 1. The molecule has 2 rings (SSSR count). The van der Waals surface area contributed by atoms with Gasteiger partial charge in [0.1, 0.15) is 6.33 Å².